The Labute approximate surface area is 189 Å². The average Bonchev–Trinajstić information content (AvgIpc) is 3.20. The summed E-state index contributed by atoms with van der Waals surface area (Å²) >= 11 is 0. The molecule has 2 N–H and O–H groups in total. The Balaban J connectivity index is 1.46. The molecule has 1 aromatic carbocycles. The van der Waals surface area contributed by atoms with Crippen LogP contribution in [0.25, 0.3) is 0 Å². The van der Waals surface area contributed by atoms with Crippen LogP contribution >= 0.6 is 0 Å². The van der Waals surface area contributed by atoms with Gasteiger partial charge in [-0.3, -0.25) is 4.90 Å². The number of nitrogens with zero attached hydrogens (tertiary/aromatic N) is 3. The van der Waals surface area contributed by atoms with Gasteiger partial charge in [0.25, 0.3) is 0 Å². The van der Waals surface area contributed by atoms with Crippen LogP contribution < -0.4 is 4.90 Å². The monoisotopic (exact) mass is 433 g/mol. The first kappa shape index (κ1) is 21.4. The Hall–Kier alpha value is -2.43. The van der Waals surface area contributed by atoms with Gasteiger partial charge in [0.05, 0.1) is 11.8 Å². The zero-order valence-corrected chi connectivity index (χ0v) is 18.6. The zero-order valence-electron chi connectivity index (χ0n) is 18.6. The fourth-order valence-electron chi connectivity index (χ4n) is 5.23. The molecule has 6 heteroatoms. The standard InChI is InChI=1S/C26H31N3O3/c1-32-24-17-29(16-23(24)30)25-8-7-20(22(27-25)15-19-5-3-2-4-6-19)9-12-26(31)18-28-13-10-21(26)11-14-28/h2-8,21,23-24,30-31H,10-11,13-18H2,1H3/t23-,24-,26?/m1/s1. The van der Waals surface area contributed by atoms with E-state index >= 15 is 0 Å². The van der Waals surface area contributed by atoms with E-state index in [0.717, 1.165) is 48.6 Å². The van der Waals surface area contributed by atoms with Crippen LogP contribution in [0, 0.1) is 17.8 Å². The number of aliphatic hydroxyl groups is 2. The Morgan fingerprint density at radius 3 is 2.56 bits per heavy atom. The number of benzene rings is 1. The molecule has 4 saturated heterocycles. The molecule has 5 heterocycles. The first-order valence-electron chi connectivity index (χ1n) is 11.5. The first-order valence-corrected chi connectivity index (χ1v) is 11.5. The van der Waals surface area contributed by atoms with Crippen molar-refractivity contribution in [3.63, 3.8) is 0 Å². The van der Waals surface area contributed by atoms with Crippen molar-refractivity contribution in [2.45, 2.75) is 37.1 Å². The third kappa shape index (κ3) is 4.26. The highest BCUT2D eigenvalue weighted by atomic mass is 16.5. The van der Waals surface area contributed by atoms with Gasteiger partial charge in [0.2, 0.25) is 0 Å². The molecule has 0 saturated carbocycles. The van der Waals surface area contributed by atoms with Crippen molar-refractivity contribution in [2.75, 3.05) is 44.7 Å². The molecule has 3 atom stereocenters. The lowest BCUT2D eigenvalue weighted by Crippen LogP contribution is -2.58. The summed E-state index contributed by atoms with van der Waals surface area (Å²) in [5, 5.41) is 21.5. The smallest absolute Gasteiger partial charge is 0.141 e. The number of methoxy groups -OCH3 is 1. The van der Waals surface area contributed by atoms with Gasteiger partial charge in [-0.15, -0.1) is 0 Å². The van der Waals surface area contributed by atoms with E-state index in [-0.39, 0.29) is 12.0 Å². The SMILES string of the molecule is CO[C@@H]1CN(c2ccc(C#CC3(O)CN4CCC3CC4)c(Cc3ccccc3)n2)C[C@H]1O. The number of aliphatic hydroxyl groups excluding tert-OH is 1. The summed E-state index contributed by atoms with van der Waals surface area (Å²) in [7, 11) is 1.63. The van der Waals surface area contributed by atoms with Crippen molar-refractivity contribution in [2.24, 2.45) is 5.92 Å². The molecule has 168 valence electrons. The lowest BCUT2D eigenvalue weighted by molar-refractivity contribution is -0.0713. The quantitative estimate of drug-likeness (QED) is 0.715. The molecule has 32 heavy (non-hydrogen) atoms. The highest BCUT2D eigenvalue weighted by Crippen LogP contribution is 2.35. The summed E-state index contributed by atoms with van der Waals surface area (Å²) < 4.78 is 5.39. The van der Waals surface area contributed by atoms with E-state index in [1.165, 1.54) is 0 Å². The number of pyridine rings is 1. The molecule has 0 aliphatic carbocycles. The van der Waals surface area contributed by atoms with Crippen LogP contribution in [0.3, 0.4) is 0 Å². The Morgan fingerprint density at radius 2 is 1.91 bits per heavy atom. The second-order valence-corrected chi connectivity index (χ2v) is 9.30. The molecular weight excluding hydrogens is 402 g/mol. The minimum absolute atomic E-state index is 0.209. The molecule has 2 bridgehead atoms. The highest BCUT2D eigenvalue weighted by molar-refractivity contribution is 5.50. The predicted molar refractivity (Wildman–Crippen MR) is 123 cm³/mol. The molecule has 4 aliphatic rings. The summed E-state index contributed by atoms with van der Waals surface area (Å²) in [6, 6.07) is 14.2. The van der Waals surface area contributed by atoms with Gasteiger partial charge in [0.1, 0.15) is 17.5 Å². The molecule has 0 spiro atoms. The third-order valence-corrected chi connectivity index (χ3v) is 7.18. The number of fused-ring (bicyclic) bond motifs is 3. The molecule has 0 amide bonds. The number of aromatic nitrogens is 1. The van der Waals surface area contributed by atoms with Crippen molar-refractivity contribution < 1.29 is 14.9 Å². The normalized spacial score (nSPS) is 31.4. The number of hydrogen-bond donors (Lipinski definition) is 2. The molecule has 0 radical (unpaired) electrons. The Morgan fingerprint density at radius 1 is 1.12 bits per heavy atom. The van der Waals surface area contributed by atoms with Gasteiger partial charge in [-0.05, 0) is 43.6 Å². The van der Waals surface area contributed by atoms with Gasteiger partial charge in [-0.25, -0.2) is 4.98 Å². The van der Waals surface area contributed by atoms with Gasteiger partial charge < -0.3 is 19.8 Å². The van der Waals surface area contributed by atoms with E-state index in [1.54, 1.807) is 7.11 Å². The Kier molecular flexibility index (Phi) is 5.92. The fraction of sp³-hybridized carbons (Fsp3) is 0.500. The number of rotatable bonds is 4. The van der Waals surface area contributed by atoms with E-state index < -0.39 is 11.7 Å². The summed E-state index contributed by atoms with van der Waals surface area (Å²) in [6.07, 6.45) is 1.95. The summed E-state index contributed by atoms with van der Waals surface area (Å²) in [6.45, 7) is 3.87. The lowest BCUT2D eigenvalue weighted by Gasteiger charge is -2.47. The van der Waals surface area contributed by atoms with Crippen molar-refractivity contribution in [1.29, 1.82) is 0 Å². The molecule has 2 aromatic rings. The van der Waals surface area contributed by atoms with Gasteiger partial charge in [0, 0.05) is 44.6 Å². The minimum atomic E-state index is -0.941. The van der Waals surface area contributed by atoms with Crippen molar-refractivity contribution in [3.05, 3.63) is 59.3 Å². The van der Waals surface area contributed by atoms with Gasteiger partial charge >= 0.3 is 0 Å². The number of anilines is 1. The topological polar surface area (TPSA) is 69.1 Å². The summed E-state index contributed by atoms with van der Waals surface area (Å²) in [5.41, 5.74) is 1.97. The predicted octanol–water partition coefficient (Wildman–Crippen LogP) is 1.68. The van der Waals surface area contributed by atoms with Gasteiger partial charge in [-0.1, -0.05) is 42.2 Å². The number of piperidine rings is 3. The maximum atomic E-state index is 11.2. The summed E-state index contributed by atoms with van der Waals surface area (Å²) in [4.78, 5) is 9.32. The van der Waals surface area contributed by atoms with Crippen LogP contribution in [0.1, 0.15) is 29.7 Å². The largest absolute Gasteiger partial charge is 0.388 e. The van der Waals surface area contributed by atoms with Crippen LogP contribution in [0.5, 0.6) is 0 Å². The summed E-state index contributed by atoms with van der Waals surface area (Å²) in [5.74, 6) is 7.60. The van der Waals surface area contributed by atoms with E-state index in [1.807, 2.05) is 30.3 Å². The maximum absolute atomic E-state index is 11.2. The van der Waals surface area contributed by atoms with Crippen molar-refractivity contribution in [1.82, 2.24) is 9.88 Å². The second-order valence-electron chi connectivity index (χ2n) is 9.30. The molecule has 1 unspecified atom stereocenters. The van der Waals surface area contributed by atoms with Gasteiger partial charge in [-0.2, -0.15) is 0 Å². The van der Waals surface area contributed by atoms with Crippen LogP contribution in [0.4, 0.5) is 5.82 Å². The zero-order chi connectivity index (χ0) is 22.1. The fourth-order valence-corrected chi connectivity index (χ4v) is 5.23. The van der Waals surface area contributed by atoms with Crippen LogP contribution in [0.15, 0.2) is 42.5 Å². The van der Waals surface area contributed by atoms with Crippen LogP contribution in [-0.4, -0.2) is 77.7 Å². The van der Waals surface area contributed by atoms with Gasteiger partial charge in [0.15, 0.2) is 0 Å². The highest BCUT2D eigenvalue weighted by Gasteiger charge is 2.44. The molecule has 6 nitrogen and oxygen atoms in total. The van der Waals surface area contributed by atoms with Crippen LogP contribution in [-0.2, 0) is 11.2 Å². The van der Waals surface area contributed by atoms with E-state index in [4.69, 9.17) is 9.72 Å². The number of hydrogen-bond acceptors (Lipinski definition) is 6. The third-order valence-electron chi connectivity index (χ3n) is 7.18. The molecule has 1 aromatic heterocycles. The minimum Gasteiger partial charge on any atom is -0.388 e. The van der Waals surface area contributed by atoms with E-state index in [9.17, 15) is 10.2 Å². The van der Waals surface area contributed by atoms with Crippen molar-refractivity contribution >= 4 is 5.82 Å². The van der Waals surface area contributed by atoms with E-state index in [0.29, 0.717) is 26.1 Å². The van der Waals surface area contributed by atoms with Crippen LogP contribution in [0.2, 0.25) is 0 Å². The average molecular weight is 434 g/mol. The number of β-amino-alcohol motifs (C(OH)–C–C–N with tert-alkyl or cyclic N) is 1. The molecular formula is C26H31N3O3. The van der Waals surface area contributed by atoms with E-state index in [2.05, 4.69) is 33.8 Å². The lowest BCUT2D eigenvalue weighted by atomic mass is 9.75. The number of ether oxygens (including phenoxy) is 1. The molecule has 4 aliphatic heterocycles. The molecule has 6 rings (SSSR count). The second kappa shape index (κ2) is 8.84. The van der Waals surface area contributed by atoms with Crippen molar-refractivity contribution in [3.8, 4) is 11.8 Å². The Bertz CT molecular complexity index is 1010. The molecule has 4 fully saturated rings. The maximum Gasteiger partial charge on any atom is 0.141 e. The first-order chi connectivity index (χ1) is 15.5.